The average Bonchev–Trinajstić information content (AvgIpc) is 2.72. The highest BCUT2D eigenvalue weighted by molar-refractivity contribution is 7.80. The van der Waals surface area contributed by atoms with Gasteiger partial charge >= 0.3 is 0 Å². The third-order valence-electron chi connectivity index (χ3n) is 5.28. The quantitative estimate of drug-likeness (QED) is 0.340. The smallest absolute Gasteiger partial charge is 0.251 e. The number of hydrogen-bond acceptors (Lipinski definition) is 4. The van der Waals surface area contributed by atoms with Crippen molar-refractivity contribution < 1.29 is 14.3 Å². The zero-order valence-corrected chi connectivity index (χ0v) is 22.1. The third kappa shape index (κ3) is 8.78. The minimum absolute atomic E-state index is 0.141. The van der Waals surface area contributed by atoms with Crippen LogP contribution in [-0.4, -0.2) is 29.1 Å². The Kier molecular flexibility index (Phi) is 9.21. The van der Waals surface area contributed by atoms with Gasteiger partial charge in [0.2, 0.25) is 5.91 Å². The van der Waals surface area contributed by atoms with Gasteiger partial charge in [0, 0.05) is 22.2 Å². The number of anilines is 1. The van der Waals surface area contributed by atoms with E-state index >= 15 is 0 Å². The lowest BCUT2D eigenvalue weighted by molar-refractivity contribution is -0.128. The fourth-order valence-electron chi connectivity index (χ4n) is 3.22. The molecule has 2 rings (SSSR count). The summed E-state index contributed by atoms with van der Waals surface area (Å²) in [5.41, 5.74) is 2.59. The Labute approximate surface area is 208 Å². The molecule has 7 heteroatoms. The first-order valence-corrected chi connectivity index (χ1v) is 11.9. The van der Waals surface area contributed by atoms with Crippen molar-refractivity contribution in [1.82, 2.24) is 10.6 Å². The van der Waals surface area contributed by atoms with E-state index in [0.717, 1.165) is 23.3 Å². The van der Waals surface area contributed by atoms with E-state index < -0.39 is 5.41 Å². The average molecular weight is 484 g/mol. The van der Waals surface area contributed by atoms with E-state index in [1.807, 2.05) is 60.6 Å². The summed E-state index contributed by atoms with van der Waals surface area (Å²) in [6.45, 7) is 14.2. The molecule has 0 saturated heterocycles. The third-order valence-corrected chi connectivity index (χ3v) is 5.49. The first-order chi connectivity index (χ1) is 15.8. The minimum Gasteiger partial charge on any atom is -0.493 e. The van der Waals surface area contributed by atoms with Crippen LogP contribution in [0.5, 0.6) is 5.75 Å². The number of thiocarbonyl (C=S) groups is 1. The van der Waals surface area contributed by atoms with Crippen LogP contribution in [0, 0.1) is 19.3 Å². The molecule has 0 aliphatic heterocycles. The van der Waals surface area contributed by atoms with E-state index in [4.69, 9.17) is 17.0 Å². The predicted octanol–water partition coefficient (Wildman–Crippen LogP) is 5.53. The van der Waals surface area contributed by atoms with Gasteiger partial charge in [0.05, 0.1) is 6.61 Å². The number of carbonyl (C=O) groups is 2. The molecule has 0 fully saturated rings. The summed E-state index contributed by atoms with van der Waals surface area (Å²) in [5, 5.41) is 8.92. The summed E-state index contributed by atoms with van der Waals surface area (Å²) in [6, 6.07) is 13.1. The molecule has 0 aliphatic carbocycles. The molecule has 0 unspecified atom stereocenters. The predicted molar refractivity (Wildman–Crippen MR) is 142 cm³/mol. The van der Waals surface area contributed by atoms with Crippen LogP contribution in [0.1, 0.15) is 68.9 Å². The number of rotatable bonds is 8. The van der Waals surface area contributed by atoms with Crippen LogP contribution in [0.3, 0.4) is 0 Å². The summed E-state index contributed by atoms with van der Waals surface area (Å²) >= 11 is 5.32. The Hall–Kier alpha value is -2.93. The Morgan fingerprint density at radius 3 is 2.24 bits per heavy atom. The molecule has 2 aromatic carbocycles. The summed E-state index contributed by atoms with van der Waals surface area (Å²) in [4.78, 5) is 25.0. The van der Waals surface area contributed by atoms with Gasteiger partial charge in [0.1, 0.15) is 5.75 Å². The van der Waals surface area contributed by atoms with Crippen molar-refractivity contribution in [3.63, 3.8) is 0 Å². The standard InChI is InChI=1S/C27H37N3O3S/c1-18-9-10-19(2)22(17-18)33-16-8-15-27(6,7)24(32)29-25(34)28-21-13-11-20(12-14-21)23(31)30-26(3,4)5/h9-14,17H,8,15-16H2,1-7H3,(H,30,31)(H2,28,29,32,34). The molecule has 0 aliphatic rings. The van der Waals surface area contributed by atoms with Gasteiger partial charge in [0.15, 0.2) is 5.11 Å². The Balaban J connectivity index is 1.81. The monoisotopic (exact) mass is 483 g/mol. The lowest BCUT2D eigenvalue weighted by Gasteiger charge is -2.24. The maximum Gasteiger partial charge on any atom is 0.251 e. The molecule has 34 heavy (non-hydrogen) atoms. The van der Waals surface area contributed by atoms with Crippen LogP contribution in [0.15, 0.2) is 42.5 Å². The maximum atomic E-state index is 12.8. The van der Waals surface area contributed by atoms with Gasteiger partial charge in [-0.05, 0) is 101 Å². The van der Waals surface area contributed by atoms with Crippen molar-refractivity contribution in [3.8, 4) is 5.75 Å². The van der Waals surface area contributed by atoms with E-state index in [9.17, 15) is 9.59 Å². The van der Waals surface area contributed by atoms with E-state index in [2.05, 4.69) is 22.0 Å². The molecule has 0 radical (unpaired) electrons. The van der Waals surface area contributed by atoms with Crippen molar-refractivity contribution in [1.29, 1.82) is 0 Å². The number of hydrogen-bond donors (Lipinski definition) is 3. The summed E-state index contributed by atoms with van der Waals surface area (Å²) in [5.74, 6) is 0.589. The maximum absolute atomic E-state index is 12.8. The van der Waals surface area contributed by atoms with E-state index in [1.54, 1.807) is 24.3 Å². The molecule has 184 valence electrons. The molecule has 3 N–H and O–H groups in total. The largest absolute Gasteiger partial charge is 0.493 e. The fraction of sp³-hybridized carbons (Fsp3) is 0.444. The Bertz CT molecular complexity index is 1020. The second kappa shape index (κ2) is 11.5. The van der Waals surface area contributed by atoms with E-state index in [-0.39, 0.29) is 22.5 Å². The first kappa shape index (κ1) is 27.3. The van der Waals surface area contributed by atoms with Crippen LogP contribution in [0.2, 0.25) is 0 Å². The van der Waals surface area contributed by atoms with Crippen molar-refractivity contribution in [2.45, 2.75) is 66.8 Å². The summed E-state index contributed by atoms with van der Waals surface area (Å²) < 4.78 is 5.91. The van der Waals surface area contributed by atoms with Crippen molar-refractivity contribution in [3.05, 3.63) is 59.2 Å². The molecule has 0 spiro atoms. The van der Waals surface area contributed by atoms with Gasteiger partial charge < -0.3 is 20.7 Å². The molecule has 2 amide bonds. The molecule has 0 bridgehead atoms. The topological polar surface area (TPSA) is 79.5 Å². The molecule has 6 nitrogen and oxygen atoms in total. The van der Waals surface area contributed by atoms with Crippen LogP contribution in [-0.2, 0) is 4.79 Å². The molecular weight excluding hydrogens is 446 g/mol. The van der Waals surface area contributed by atoms with Crippen LogP contribution < -0.4 is 20.7 Å². The lowest BCUT2D eigenvalue weighted by atomic mass is 9.87. The fourth-order valence-corrected chi connectivity index (χ4v) is 3.44. The number of benzene rings is 2. The Morgan fingerprint density at radius 1 is 0.971 bits per heavy atom. The van der Waals surface area contributed by atoms with E-state index in [1.165, 1.54) is 0 Å². The molecule has 0 aromatic heterocycles. The second-order valence-corrected chi connectivity index (χ2v) is 10.7. The summed E-state index contributed by atoms with van der Waals surface area (Å²) in [7, 11) is 0. The van der Waals surface area contributed by atoms with Gasteiger partial charge in [-0.15, -0.1) is 0 Å². The highest BCUT2D eigenvalue weighted by Gasteiger charge is 2.28. The van der Waals surface area contributed by atoms with Gasteiger partial charge in [0.25, 0.3) is 5.91 Å². The zero-order valence-electron chi connectivity index (χ0n) is 21.3. The van der Waals surface area contributed by atoms with Crippen LogP contribution in [0.4, 0.5) is 5.69 Å². The molecule has 0 atom stereocenters. The van der Waals surface area contributed by atoms with Crippen molar-refractivity contribution in [2.75, 3.05) is 11.9 Å². The molecular formula is C27H37N3O3S. The van der Waals surface area contributed by atoms with Gasteiger partial charge in [-0.2, -0.15) is 0 Å². The SMILES string of the molecule is Cc1ccc(C)c(OCCCC(C)(C)C(=O)NC(=S)Nc2ccc(C(=O)NC(C)(C)C)cc2)c1. The molecule has 0 saturated carbocycles. The van der Waals surface area contributed by atoms with E-state index in [0.29, 0.717) is 24.3 Å². The van der Waals surface area contributed by atoms with Crippen molar-refractivity contribution in [2.24, 2.45) is 5.41 Å². The van der Waals surface area contributed by atoms with Gasteiger partial charge in [-0.25, -0.2) is 0 Å². The number of nitrogens with one attached hydrogen (secondary N) is 3. The van der Waals surface area contributed by atoms with Crippen molar-refractivity contribution >= 4 is 34.8 Å². The first-order valence-electron chi connectivity index (χ1n) is 11.5. The zero-order chi connectivity index (χ0) is 25.5. The number of aryl methyl sites for hydroxylation is 2. The summed E-state index contributed by atoms with van der Waals surface area (Å²) in [6.07, 6.45) is 1.40. The van der Waals surface area contributed by atoms with Gasteiger partial charge in [-0.3, -0.25) is 9.59 Å². The minimum atomic E-state index is -0.606. The number of carbonyl (C=O) groups excluding carboxylic acids is 2. The van der Waals surface area contributed by atoms with Crippen LogP contribution >= 0.6 is 12.2 Å². The van der Waals surface area contributed by atoms with Crippen LogP contribution in [0.25, 0.3) is 0 Å². The lowest BCUT2D eigenvalue weighted by Crippen LogP contribution is -2.42. The number of amides is 2. The highest BCUT2D eigenvalue weighted by atomic mass is 32.1. The Morgan fingerprint density at radius 2 is 1.62 bits per heavy atom. The number of ether oxygens (including phenoxy) is 1. The molecule has 0 heterocycles. The molecule has 2 aromatic rings. The normalized spacial score (nSPS) is 11.5. The highest BCUT2D eigenvalue weighted by Crippen LogP contribution is 2.24. The second-order valence-electron chi connectivity index (χ2n) is 10.3. The van der Waals surface area contributed by atoms with Gasteiger partial charge in [-0.1, -0.05) is 26.0 Å².